The normalized spacial score (nSPS) is 12.0. The highest BCUT2D eigenvalue weighted by Crippen LogP contribution is 2.21. The Morgan fingerprint density at radius 1 is 1.24 bits per heavy atom. The van der Waals surface area contributed by atoms with E-state index >= 15 is 0 Å². The summed E-state index contributed by atoms with van der Waals surface area (Å²) in [5.41, 5.74) is -0.492. The molecule has 0 aliphatic rings. The number of thiophene rings is 1. The average molecular weight is 312 g/mol. The van der Waals surface area contributed by atoms with Gasteiger partial charge in [0, 0.05) is 11.4 Å². The molecule has 0 bridgehead atoms. The van der Waals surface area contributed by atoms with Crippen molar-refractivity contribution in [3.8, 4) is 0 Å². The van der Waals surface area contributed by atoms with Crippen molar-refractivity contribution in [2.45, 2.75) is 12.5 Å². The lowest BCUT2D eigenvalue weighted by molar-refractivity contribution is 0.171. The monoisotopic (exact) mass is 312 g/mol. The summed E-state index contributed by atoms with van der Waals surface area (Å²) in [5.74, 6) is -1.69. The number of nitrogens with one attached hydrogen (secondary N) is 2. The van der Waals surface area contributed by atoms with E-state index in [4.69, 9.17) is 0 Å². The molecule has 0 aliphatic carbocycles. The van der Waals surface area contributed by atoms with Gasteiger partial charge in [-0.25, -0.2) is 13.6 Å². The standard InChI is InChI=1S/C14H14F2N2O2S/c15-9-3-1-4-10(16)13(9)18-14(20)17-7-6-11(19)12-5-2-8-21-12/h1-5,8,11,19H,6-7H2,(H2,17,18,20). The summed E-state index contributed by atoms with van der Waals surface area (Å²) < 4.78 is 26.7. The van der Waals surface area contributed by atoms with Crippen LogP contribution in [-0.4, -0.2) is 17.7 Å². The summed E-state index contributed by atoms with van der Waals surface area (Å²) in [5, 5.41) is 16.2. The average Bonchev–Trinajstić information content (AvgIpc) is 2.97. The second kappa shape index (κ2) is 7.14. The molecule has 0 saturated carbocycles. The molecule has 1 aromatic heterocycles. The maximum Gasteiger partial charge on any atom is 0.319 e. The van der Waals surface area contributed by atoms with Crippen LogP contribution < -0.4 is 10.6 Å². The molecule has 3 N–H and O–H groups in total. The minimum absolute atomic E-state index is 0.182. The molecule has 0 spiro atoms. The molecular weight excluding hydrogens is 298 g/mol. The molecule has 0 saturated heterocycles. The molecule has 112 valence electrons. The van der Waals surface area contributed by atoms with Gasteiger partial charge in [0.1, 0.15) is 17.3 Å². The summed E-state index contributed by atoms with van der Waals surface area (Å²) in [6.07, 6.45) is -0.358. The van der Waals surface area contributed by atoms with Crippen LogP contribution in [0.4, 0.5) is 19.3 Å². The topological polar surface area (TPSA) is 61.4 Å². The van der Waals surface area contributed by atoms with Crippen molar-refractivity contribution in [1.29, 1.82) is 0 Å². The molecule has 21 heavy (non-hydrogen) atoms. The lowest BCUT2D eigenvalue weighted by Gasteiger charge is -2.11. The van der Waals surface area contributed by atoms with Gasteiger partial charge in [-0.05, 0) is 30.0 Å². The third kappa shape index (κ3) is 4.24. The largest absolute Gasteiger partial charge is 0.388 e. The van der Waals surface area contributed by atoms with E-state index in [2.05, 4.69) is 10.6 Å². The van der Waals surface area contributed by atoms with Crippen molar-refractivity contribution in [2.75, 3.05) is 11.9 Å². The molecule has 7 heteroatoms. The summed E-state index contributed by atoms with van der Waals surface area (Å²) in [6, 6.07) is 6.22. The van der Waals surface area contributed by atoms with Gasteiger partial charge in [-0.1, -0.05) is 12.1 Å². The Balaban J connectivity index is 1.80. The number of halogens is 2. The zero-order valence-electron chi connectivity index (χ0n) is 11.0. The molecular formula is C14H14F2N2O2S. The van der Waals surface area contributed by atoms with Crippen molar-refractivity contribution in [3.05, 3.63) is 52.2 Å². The first-order valence-electron chi connectivity index (χ1n) is 6.28. The minimum atomic E-state index is -0.844. The summed E-state index contributed by atoms with van der Waals surface area (Å²) in [7, 11) is 0. The Bertz CT molecular complexity index is 585. The fourth-order valence-electron chi connectivity index (χ4n) is 1.72. The first kappa shape index (κ1) is 15.4. The zero-order valence-corrected chi connectivity index (χ0v) is 11.8. The Kier molecular flexibility index (Phi) is 5.24. The SMILES string of the molecule is O=C(NCCC(O)c1cccs1)Nc1c(F)cccc1F. The number of rotatable bonds is 5. The number of hydrogen-bond donors (Lipinski definition) is 3. The van der Waals surface area contributed by atoms with Crippen LogP contribution in [-0.2, 0) is 0 Å². The molecule has 0 radical (unpaired) electrons. The molecule has 2 aromatic rings. The van der Waals surface area contributed by atoms with Crippen LogP contribution in [0, 0.1) is 11.6 Å². The van der Waals surface area contributed by atoms with Crippen LogP contribution in [0.15, 0.2) is 35.7 Å². The Morgan fingerprint density at radius 2 is 1.95 bits per heavy atom. The van der Waals surface area contributed by atoms with Gasteiger partial charge in [-0.3, -0.25) is 0 Å². The van der Waals surface area contributed by atoms with Crippen LogP contribution >= 0.6 is 11.3 Å². The summed E-state index contributed by atoms with van der Waals surface area (Å²) in [6.45, 7) is 0.182. The van der Waals surface area contributed by atoms with Crippen LogP contribution in [0.1, 0.15) is 17.4 Å². The van der Waals surface area contributed by atoms with Crippen molar-refractivity contribution >= 4 is 23.1 Å². The van der Waals surface area contributed by atoms with Gasteiger partial charge in [-0.2, -0.15) is 0 Å². The van der Waals surface area contributed by atoms with Gasteiger partial charge in [0.2, 0.25) is 0 Å². The van der Waals surface area contributed by atoms with Crippen LogP contribution in [0.3, 0.4) is 0 Å². The molecule has 4 nitrogen and oxygen atoms in total. The van der Waals surface area contributed by atoms with Gasteiger partial charge in [-0.15, -0.1) is 11.3 Å². The first-order chi connectivity index (χ1) is 10.1. The second-order valence-corrected chi connectivity index (χ2v) is 5.28. The predicted octanol–water partition coefficient (Wildman–Crippen LogP) is 3.27. The van der Waals surface area contributed by atoms with Gasteiger partial charge in [0.25, 0.3) is 0 Å². The smallest absolute Gasteiger partial charge is 0.319 e. The highest BCUT2D eigenvalue weighted by Gasteiger charge is 2.12. The molecule has 2 amide bonds. The first-order valence-corrected chi connectivity index (χ1v) is 7.16. The molecule has 1 unspecified atom stereocenters. The number of urea groups is 1. The van der Waals surface area contributed by atoms with Crippen LogP contribution in [0.2, 0.25) is 0 Å². The van der Waals surface area contributed by atoms with Crippen molar-refractivity contribution in [3.63, 3.8) is 0 Å². The number of anilines is 1. The lowest BCUT2D eigenvalue weighted by atomic mass is 10.2. The minimum Gasteiger partial charge on any atom is -0.388 e. The van der Waals surface area contributed by atoms with Gasteiger partial charge < -0.3 is 15.7 Å². The fraction of sp³-hybridized carbons (Fsp3) is 0.214. The highest BCUT2D eigenvalue weighted by molar-refractivity contribution is 7.10. The van der Waals surface area contributed by atoms with E-state index in [9.17, 15) is 18.7 Å². The number of carbonyl (C=O) groups is 1. The third-order valence-electron chi connectivity index (χ3n) is 2.78. The summed E-state index contributed by atoms with van der Waals surface area (Å²) in [4.78, 5) is 12.4. The molecule has 0 aliphatic heterocycles. The molecule has 1 aromatic carbocycles. The van der Waals surface area contributed by atoms with Crippen LogP contribution in [0.5, 0.6) is 0 Å². The summed E-state index contributed by atoms with van der Waals surface area (Å²) >= 11 is 1.42. The van der Waals surface area contributed by atoms with Crippen LogP contribution in [0.25, 0.3) is 0 Å². The third-order valence-corrected chi connectivity index (χ3v) is 3.75. The van der Waals surface area contributed by atoms with E-state index in [-0.39, 0.29) is 6.54 Å². The van der Waals surface area contributed by atoms with Gasteiger partial charge in [0.05, 0.1) is 6.10 Å². The number of aliphatic hydroxyl groups excluding tert-OH is 1. The number of benzene rings is 1. The van der Waals surface area contributed by atoms with E-state index in [1.165, 1.54) is 17.4 Å². The van der Waals surface area contributed by atoms with Gasteiger partial charge in [0.15, 0.2) is 0 Å². The van der Waals surface area contributed by atoms with Crippen molar-refractivity contribution in [1.82, 2.24) is 5.32 Å². The number of hydrogen-bond acceptors (Lipinski definition) is 3. The molecule has 2 rings (SSSR count). The van der Waals surface area contributed by atoms with E-state index in [1.807, 2.05) is 11.4 Å². The molecule has 1 atom stereocenters. The van der Waals surface area contributed by atoms with E-state index < -0.39 is 29.5 Å². The maximum absolute atomic E-state index is 13.3. The lowest BCUT2D eigenvalue weighted by Crippen LogP contribution is -2.31. The Hall–Kier alpha value is -1.99. The number of aliphatic hydroxyl groups is 1. The fourth-order valence-corrected chi connectivity index (χ4v) is 2.47. The van der Waals surface area contributed by atoms with Crippen molar-refractivity contribution < 1.29 is 18.7 Å². The Labute approximate surface area is 124 Å². The molecule has 0 fully saturated rings. The molecule has 1 heterocycles. The van der Waals surface area contributed by atoms with E-state index in [1.54, 1.807) is 6.07 Å². The quantitative estimate of drug-likeness (QED) is 0.793. The second-order valence-electron chi connectivity index (χ2n) is 4.30. The van der Waals surface area contributed by atoms with Gasteiger partial charge >= 0.3 is 6.03 Å². The van der Waals surface area contributed by atoms with Crippen molar-refractivity contribution in [2.24, 2.45) is 0 Å². The predicted molar refractivity (Wildman–Crippen MR) is 77.3 cm³/mol. The number of carbonyl (C=O) groups excluding carboxylic acids is 1. The maximum atomic E-state index is 13.3. The van der Waals surface area contributed by atoms with E-state index in [0.29, 0.717) is 6.42 Å². The highest BCUT2D eigenvalue weighted by atomic mass is 32.1. The zero-order chi connectivity index (χ0) is 15.2. The number of para-hydroxylation sites is 1. The Morgan fingerprint density at radius 3 is 2.57 bits per heavy atom. The van der Waals surface area contributed by atoms with E-state index in [0.717, 1.165) is 17.0 Å². The number of amides is 2.